The lowest BCUT2D eigenvalue weighted by Gasteiger charge is -1.99. The molecule has 2 rings (SSSR count). The van der Waals surface area contributed by atoms with Gasteiger partial charge in [-0.3, -0.25) is 0 Å². The summed E-state index contributed by atoms with van der Waals surface area (Å²) in [6.07, 6.45) is 1.78. The summed E-state index contributed by atoms with van der Waals surface area (Å²) in [6, 6.07) is 7.72. The molecule has 0 aliphatic rings. The highest BCUT2D eigenvalue weighted by molar-refractivity contribution is 7.90. The molecule has 80 valence electrons. The fourth-order valence-corrected chi connectivity index (χ4v) is 2.51. The standard InChI is InChI=1S/C11H13NO2S/c1-2-15(13,14)8-9-7-12-11-6-4-3-5-10(9)11/h3-7,12H,2,8H2,1H3. The third kappa shape index (κ3) is 2.04. The number of para-hydroxylation sites is 1. The van der Waals surface area contributed by atoms with Crippen molar-refractivity contribution in [3.63, 3.8) is 0 Å². The number of sulfone groups is 1. The molecule has 1 aromatic carbocycles. The van der Waals surface area contributed by atoms with Crippen LogP contribution in [0.2, 0.25) is 0 Å². The van der Waals surface area contributed by atoms with Gasteiger partial charge in [0.25, 0.3) is 0 Å². The highest BCUT2D eigenvalue weighted by atomic mass is 32.2. The minimum Gasteiger partial charge on any atom is -0.361 e. The molecule has 0 saturated heterocycles. The van der Waals surface area contributed by atoms with Crippen LogP contribution >= 0.6 is 0 Å². The lowest BCUT2D eigenvalue weighted by atomic mass is 10.2. The van der Waals surface area contributed by atoms with Crippen LogP contribution < -0.4 is 0 Å². The number of fused-ring (bicyclic) bond motifs is 1. The predicted molar refractivity (Wildman–Crippen MR) is 61.5 cm³/mol. The van der Waals surface area contributed by atoms with Gasteiger partial charge >= 0.3 is 0 Å². The van der Waals surface area contributed by atoms with Gasteiger partial charge in [0.05, 0.1) is 5.75 Å². The van der Waals surface area contributed by atoms with E-state index in [4.69, 9.17) is 0 Å². The molecule has 0 amide bonds. The first-order valence-electron chi connectivity index (χ1n) is 4.88. The number of nitrogens with one attached hydrogen (secondary N) is 1. The summed E-state index contributed by atoms with van der Waals surface area (Å²) in [6.45, 7) is 1.67. The van der Waals surface area contributed by atoms with Gasteiger partial charge in [-0.05, 0) is 11.6 Å². The zero-order valence-electron chi connectivity index (χ0n) is 8.53. The van der Waals surface area contributed by atoms with E-state index in [0.29, 0.717) is 0 Å². The SMILES string of the molecule is CCS(=O)(=O)Cc1c[nH]c2ccccc12. The summed E-state index contributed by atoms with van der Waals surface area (Å²) in [5.41, 5.74) is 1.84. The average Bonchev–Trinajstić information content (AvgIpc) is 2.62. The first-order chi connectivity index (χ1) is 7.12. The van der Waals surface area contributed by atoms with Crippen molar-refractivity contribution in [3.8, 4) is 0 Å². The highest BCUT2D eigenvalue weighted by Crippen LogP contribution is 2.19. The number of hydrogen-bond acceptors (Lipinski definition) is 2. The molecule has 0 atom stereocenters. The fraction of sp³-hybridized carbons (Fsp3) is 0.273. The van der Waals surface area contributed by atoms with Gasteiger partial charge in [0, 0.05) is 22.9 Å². The number of aromatic amines is 1. The summed E-state index contributed by atoms with van der Waals surface area (Å²) in [5.74, 6) is 0.306. The third-order valence-electron chi connectivity index (χ3n) is 2.49. The van der Waals surface area contributed by atoms with E-state index in [2.05, 4.69) is 4.98 Å². The van der Waals surface area contributed by atoms with E-state index >= 15 is 0 Å². The molecule has 2 aromatic rings. The Balaban J connectivity index is 2.46. The zero-order valence-corrected chi connectivity index (χ0v) is 9.34. The molecule has 0 bridgehead atoms. The summed E-state index contributed by atoms with van der Waals surface area (Å²) in [7, 11) is -2.95. The van der Waals surface area contributed by atoms with Crippen molar-refractivity contribution in [3.05, 3.63) is 36.0 Å². The quantitative estimate of drug-likeness (QED) is 0.866. The van der Waals surface area contributed by atoms with E-state index in [1.807, 2.05) is 24.3 Å². The predicted octanol–water partition coefficient (Wildman–Crippen LogP) is 2.10. The lowest BCUT2D eigenvalue weighted by Crippen LogP contribution is -2.05. The average molecular weight is 223 g/mol. The molecule has 0 spiro atoms. The van der Waals surface area contributed by atoms with Gasteiger partial charge in [-0.15, -0.1) is 0 Å². The van der Waals surface area contributed by atoms with Crippen LogP contribution in [0.1, 0.15) is 12.5 Å². The number of aromatic nitrogens is 1. The Hall–Kier alpha value is -1.29. The Kier molecular flexibility index (Phi) is 2.52. The molecule has 0 aliphatic heterocycles. The maximum Gasteiger partial charge on any atom is 0.154 e. The van der Waals surface area contributed by atoms with Gasteiger partial charge < -0.3 is 4.98 Å². The zero-order chi connectivity index (χ0) is 10.9. The van der Waals surface area contributed by atoms with Crippen LogP contribution in [0.25, 0.3) is 10.9 Å². The van der Waals surface area contributed by atoms with Crippen molar-refractivity contribution in [2.75, 3.05) is 5.75 Å². The van der Waals surface area contributed by atoms with Gasteiger partial charge in [-0.25, -0.2) is 8.42 Å². The van der Waals surface area contributed by atoms with Crippen LogP contribution in [0.3, 0.4) is 0 Å². The van der Waals surface area contributed by atoms with E-state index in [1.165, 1.54) is 0 Å². The molecule has 0 unspecified atom stereocenters. The van der Waals surface area contributed by atoms with Crippen molar-refractivity contribution in [1.29, 1.82) is 0 Å². The van der Waals surface area contributed by atoms with Crippen molar-refractivity contribution in [2.45, 2.75) is 12.7 Å². The second-order valence-corrected chi connectivity index (χ2v) is 5.89. The smallest absolute Gasteiger partial charge is 0.154 e. The third-order valence-corrected chi connectivity index (χ3v) is 4.12. The molecule has 4 heteroatoms. The highest BCUT2D eigenvalue weighted by Gasteiger charge is 2.12. The first kappa shape index (κ1) is 10.2. The van der Waals surface area contributed by atoms with Crippen molar-refractivity contribution in [1.82, 2.24) is 4.98 Å². The van der Waals surface area contributed by atoms with Gasteiger partial charge in [-0.2, -0.15) is 0 Å². The summed E-state index contributed by atoms with van der Waals surface area (Å²) in [4.78, 5) is 3.07. The van der Waals surface area contributed by atoms with Crippen LogP contribution in [0.4, 0.5) is 0 Å². The minimum absolute atomic E-state index is 0.119. The van der Waals surface area contributed by atoms with Gasteiger partial charge in [0.15, 0.2) is 9.84 Å². The topological polar surface area (TPSA) is 49.9 Å². The number of hydrogen-bond donors (Lipinski definition) is 1. The van der Waals surface area contributed by atoms with Crippen LogP contribution in [0.5, 0.6) is 0 Å². The Labute approximate surface area is 89.0 Å². The van der Waals surface area contributed by atoms with E-state index in [1.54, 1.807) is 13.1 Å². The maximum atomic E-state index is 11.5. The number of benzene rings is 1. The Morgan fingerprint density at radius 3 is 2.73 bits per heavy atom. The molecular weight excluding hydrogens is 210 g/mol. The van der Waals surface area contributed by atoms with Crippen molar-refractivity contribution < 1.29 is 8.42 Å². The number of H-pyrrole nitrogens is 1. The molecule has 3 nitrogen and oxygen atoms in total. The lowest BCUT2D eigenvalue weighted by molar-refractivity contribution is 0.596. The molecule has 1 N–H and O–H groups in total. The molecule has 0 aliphatic carbocycles. The van der Waals surface area contributed by atoms with Crippen molar-refractivity contribution >= 4 is 20.7 Å². The van der Waals surface area contributed by atoms with Crippen LogP contribution in [0.15, 0.2) is 30.5 Å². The minimum atomic E-state index is -2.95. The molecule has 15 heavy (non-hydrogen) atoms. The van der Waals surface area contributed by atoms with Crippen molar-refractivity contribution in [2.24, 2.45) is 0 Å². The summed E-state index contributed by atoms with van der Waals surface area (Å²) < 4.78 is 23.0. The Bertz CT molecular complexity index is 569. The normalized spacial score (nSPS) is 12.1. The van der Waals surface area contributed by atoms with Crippen LogP contribution in [-0.2, 0) is 15.6 Å². The first-order valence-corrected chi connectivity index (χ1v) is 6.70. The van der Waals surface area contributed by atoms with Gasteiger partial charge in [-0.1, -0.05) is 25.1 Å². The summed E-state index contributed by atoms with van der Waals surface area (Å²) >= 11 is 0. The molecule has 0 fully saturated rings. The van der Waals surface area contributed by atoms with E-state index in [9.17, 15) is 8.42 Å². The molecule has 0 radical (unpaired) electrons. The fourth-order valence-electron chi connectivity index (χ4n) is 1.59. The van der Waals surface area contributed by atoms with E-state index in [0.717, 1.165) is 16.5 Å². The Morgan fingerprint density at radius 2 is 2.00 bits per heavy atom. The van der Waals surface area contributed by atoms with E-state index < -0.39 is 9.84 Å². The Morgan fingerprint density at radius 1 is 1.27 bits per heavy atom. The number of rotatable bonds is 3. The second kappa shape index (κ2) is 3.70. The monoisotopic (exact) mass is 223 g/mol. The summed E-state index contributed by atoms with van der Waals surface area (Å²) in [5, 5.41) is 0.995. The second-order valence-electron chi connectivity index (χ2n) is 3.54. The molecule has 0 saturated carbocycles. The largest absolute Gasteiger partial charge is 0.361 e. The maximum absolute atomic E-state index is 11.5. The van der Waals surface area contributed by atoms with E-state index in [-0.39, 0.29) is 11.5 Å². The van der Waals surface area contributed by atoms with Gasteiger partial charge in [0.1, 0.15) is 0 Å². The molecule has 1 aromatic heterocycles. The molecular formula is C11H13NO2S. The van der Waals surface area contributed by atoms with Crippen LogP contribution in [0, 0.1) is 0 Å². The van der Waals surface area contributed by atoms with Gasteiger partial charge in [0.2, 0.25) is 0 Å². The molecule has 1 heterocycles. The van der Waals surface area contributed by atoms with Crippen LogP contribution in [-0.4, -0.2) is 19.2 Å².